The number of nitrogens with zero attached hydrogens (tertiary/aromatic N) is 8. The number of piperazine rings is 1. The van der Waals surface area contributed by atoms with E-state index in [0.29, 0.717) is 75.0 Å². The van der Waals surface area contributed by atoms with Gasteiger partial charge in [0, 0.05) is 94.2 Å². The SMILES string of the molecule is C.COc1cc(N2CCC(N3CCN(CCCCc4cccc5c4CN(C4CCC(=O)CC4=O)C5=O)CC3)CC2)c(C)cc1Nc1ncc(Br)c(Nc2ccc3nccnc3c2P(C)(C)=O)n1. The second-order valence-corrected chi connectivity index (χ2v) is 22.4. The van der Waals surface area contributed by atoms with Crippen molar-refractivity contribution in [3.8, 4) is 5.75 Å². The first-order valence-electron chi connectivity index (χ1n) is 23.1. The highest BCUT2D eigenvalue weighted by Crippen LogP contribution is 2.42. The summed E-state index contributed by atoms with van der Waals surface area (Å²) in [5, 5.41) is 7.37. The number of amides is 1. The average Bonchev–Trinajstić information content (AvgIpc) is 3.64. The van der Waals surface area contributed by atoms with E-state index in [9.17, 15) is 18.9 Å². The number of piperidine rings is 1. The zero-order valence-electron chi connectivity index (χ0n) is 38.2. The fourth-order valence-electron chi connectivity index (χ4n) is 10.3. The van der Waals surface area contributed by atoms with Gasteiger partial charge >= 0.3 is 0 Å². The number of hydrogen-bond donors (Lipinski definition) is 2. The smallest absolute Gasteiger partial charge is 0.255 e. The van der Waals surface area contributed by atoms with Crippen LogP contribution in [0.2, 0.25) is 0 Å². The van der Waals surface area contributed by atoms with E-state index in [1.807, 2.05) is 24.3 Å². The number of benzene rings is 3. The van der Waals surface area contributed by atoms with Crippen LogP contribution in [-0.4, -0.2) is 130 Å². The molecule has 2 aromatic heterocycles. The first-order chi connectivity index (χ1) is 31.8. The van der Waals surface area contributed by atoms with E-state index in [1.165, 1.54) is 5.56 Å². The summed E-state index contributed by atoms with van der Waals surface area (Å²) in [5.74, 6) is 1.37. The molecule has 3 fully saturated rings. The number of fused-ring (bicyclic) bond motifs is 2. The van der Waals surface area contributed by atoms with Gasteiger partial charge in [-0.05, 0) is 122 Å². The molecule has 9 rings (SSSR count). The minimum atomic E-state index is -2.77. The number of nitrogens with one attached hydrogen (secondary N) is 2. The third kappa shape index (κ3) is 10.4. The molecular weight excluding hydrogens is 931 g/mol. The summed E-state index contributed by atoms with van der Waals surface area (Å²) >= 11 is 3.59. The highest BCUT2D eigenvalue weighted by Gasteiger charge is 2.39. The Morgan fingerprint density at radius 3 is 2.42 bits per heavy atom. The van der Waals surface area contributed by atoms with E-state index < -0.39 is 13.2 Å². The van der Waals surface area contributed by atoms with Crippen LogP contribution in [0.3, 0.4) is 0 Å². The Morgan fingerprint density at radius 2 is 1.67 bits per heavy atom. The van der Waals surface area contributed by atoms with E-state index in [1.54, 1.807) is 43.9 Å². The standard InChI is InChI=1S/C49H58BrN10O5P.CH4/c1-31-26-40(55-49-53-29-37(50)47(56-49)54-39-13-12-38-45(52-18-17-51-38)46(39)66(3,4)64)44(65-2)28-42(31)59-20-15-33(16-21-59)58-24-22-57(23-25-58)19-6-5-8-32-9-7-10-35-36(32)30-60(48(35)63)41-14-11-34(61)27-43(41)62;/h7,9-10,12-13,17-18,26,28-29,33,41H,5-6,8,11,14-16,19-25,27,30H2,1-4H3,(H2,53,54,55,56);1H4. The summed E-state index contributed by atoms with van der Waals surface area (Å²) in [6.07, 6.45) is 10.9. The second-order valence-electron chi connectivity index (χ2n) is 18.4. The molecule has 1 saturated carbocycles. The van der Waals surface area contributed by atoms with Crippen LogP contribution in [0.1, 0.15) is 79.4 Å². The molecule has 67 heavy (non-hydrogen) atoms. The summed E-state index contributed by atoms with van der Waals surface area (Å²) in [6, 6.07) is 14.0. The molecule has 2 N–H and O–H groups in total. The van der Waals surface area contributed by atoms with Gasteiger partial charge in [-0.1, -0.05) is 19.6 Å². The highest BCUT2D eigenvalue weighted by atomic mass is 79.9. The molecule has 354 valence electrons. The molecule has 4 aliphatic rings. The Bertz CT molecular complexity index is 2720. The van der Waals surface area contributed by atoms with Crippen LogP contribution in [0.25, 0.3) is 11.0 Å². The van der Waals surface area contributed by atoms with Gasteiger partial charge in [0.25, 0.3) is 5.91 Å². The zero-order valence-corrected chi connectivity index (χ0v) is 40.7. The molecule has 5 aromatic rings. The molecule has 1 atom stereocenters. The summed E-state index contributed by atoms with van der Waals surface area (Å²) in [7, 11) is -1.09. The predicted molar refractivity (Wildman–Crippen MR) is 270 cm³/mol. The zero-order chi connectivity index (χ0) is 46.1. The van der Waals surface area contributed by atoms with Gasteiger partial charge in [-0.3, -0.25) is 29.3 Å². The number of anilines is 5. The monoisotopic (exact) mass is 992 g/mol. The van der Waals surface area contributed by atoms with Crippen LogP contribution in [0, 0.1) is 6.92 Å². The topological polar surface area (TPSA) is 166 Å². The first kappa shape index (κ1) is 48.2. The van der Waals surface area contributed by atoms with Gasteiger partial charge in [0.2, 0.25) is 5.95 Å². The third-order valence-corrected chi connectivity index (χ3v) is 15.8. The number of ketones is 2. The summed E-state index contributed by atoms with van der Waals surface area (Å²) in [5.41, 5.74) is 7.95. The van der Waals surface area contributed by atoms with Gasteiger partial charge in [-0.2, -0.15) is 4.98 Å². The number of unbranched alkanes of at least 4 members (excludes halogenated alkanes) is 1. The lowest BCUT2D eigenvalue weighted by Crippen LogP contribution is -2.53. The minimum Gasteiger partial charge on any atom is -0.494 e. The van der Waals surface area contributed by atoms with Crippen LogP contribution < -0.4 is 25.6 Å². The Hall–Kier alpha value is -5.28. The molecule has 0 bridgehead atoms. The number of aromatic nitrogens is 4. The number of carbonyl (C=O) groups excluding carboxylic acids is 3. The van der Waals surface area contributed by atoms with Gasteiger partial charge in [-0.25, -0.2) is 4.98 Å². The molecule has 17 heteroatoms. The molecule has 3 aliphatic heterocycles. The maximum atomic E-state index is 13.5. The van der Waals surface area contributed by atoms with Crippen molar-refractivity contribution < 1.29 is 23.7 Å². The maximum Gasteiger partial charge on any atom is 0.255 e. The minimum absolute atomic E-state index is 0. The van der Waals surface area contributed by atoms with Crippen LogP contribution in [-0.2, 0) is 27.1 Å². The lowest BCUT2D eigenvalue weighted by molar-refractivity contribution is -0.133. The molecule has 0 radical (unpaired) electrons. The summed E-state index contributed by atoms with van der Waals surface area (Å²) in [4.78, 5) is 65.5. The third-order valence-electron chi connectivity index (χ3n) is 13.7. The van der Waals surface area contributed by atoms with Gasteiger partial charge < -0.3 is 34.6 Å². The van der Waals surface area contributed by atoms with Crippen molar-refractivity contribution in [1.82, 2.24) is 34.6 Å². The van der Waals surface area contributed by atoms with Crippen molar-refractivity contribution in [1.29, 1.82) is 0 Å². The van der Waals surface area contributed by atoms with Crippen LogP contribution >= 0.6 is 23.1 Å². The fraction of sp³-hybridized carbons (Fsp3) is 0.460. The van der Waals surface area contributed by atoms with Crippen LogP contribution in [0.15, 0.2) is 65.5 Å². The number of carbonyl (C=O) groups is 3. The van der Waals surface area contributed by atoms with Crippen LogP contribution in [0.4, 0.5) is 28.8 Å². The molecule has 0 spiro atoms. The molecular formula is C50H62BrN10O5P. The average molecular weight is 994 g/mol. The quantitative estimate of drug-likeness (QED) is 0.0622. The lowest BCUT2D eigenvalue weighted by Gasteiger charge is -2.43. The van der Waals surface area contributed by atoms with E-state index in [0.717, 1.165) is 100 Å². The predicted octanol–water partition coefficient (Wildman–Crippen LogP) is 8.13. The van der Waals surface area contributed by atoms with Gasteiger partial charge in [0.15, 0.2) is 5.78 Å². The van der Waals surface area contributed by atoms with Crippen molar-refractivity contribution in [3.05, 3.63) is 87.8 Å². The summed E-state index contributed by atoms with van der Waals surface area (Å²) < 4.78 is 20.1. The molecule has 1 unspecified atom stereocenters. The number of methoxy groups -OCH3 is 1. The van der Waals surface area contributed by atoms with E-state index in [2.05, 4.69) is 81.3 Å². The Morgan fingerprint density at radius 1 is 0.896 bits per heavy atom. The molecule has 5 heterocycles. The van der Waals surface area contributed by atoms with Crippen molar-refractivity contribution >= 4 is 85.7 Å². The number of hydrogen-bond acceptors (Lipinski definition) is 14. The van der Waals surface area contributed by atoms with Gasteiger partial charge in [-0.15, -0.1) is 0 Å². The van der Waals surface area contributed by atoms with E-state index in [-0.39, 0.29) is 31.3 Å². The second kappa shape index (κ2) is 20.5. The number of ether oxygens (including phenoxy) is 1. The fourth-order valence-corrected chi connectivity index (χ4v) is 12.0. The normalized spacial score (nSPS) is 18.6. The number of aryl methyl sites for hydroxylation is 2. The number of rotatable bonds is 14. The molecule has 15 nitrogen and oxygen atoms in total. The summed E-state index contributed by atoms with van der Waals surface area (Å²) in [6.45, 7) is 13.4. The van der Waals surface area contributed by atoms with Crippen LogP contribution in [0.5, 0.6) is 5.75 Å². The van der Waals surface area contributed by atoms with Crippen molar-refractivity contribution in [2.45, 2.75) is 84.3 Å². The van der Waals surface area contributed by atoms with Crippen molar-refractivity contribution in [3.63, 3.8) is 0 Å². The van der Waals surface area contributed by atoms with E-state index >= 15 is 0 Å². The highest BCUT2D eigenvalue weighted by molar-refractivity contribution is 9.10. The lowest BCUT2D eigenvalue weighted by atomic mass is 9.92. The molecule has 3 aromatic carbocycles. The van der Waals surface area contributed by atoms with Crippen molar-refractivity contribution in [2.75, 3.05) is 81.8 Å². The Balaban J connectivity index is 0.00000608. The van der Waals surface area contributed by atoms with E-state index in [4.69, 9.17) is 9.72 Å². The maximum absolute atomic E-state index is 13.5. The number of Topliss-reactive ketones (excluding diaryl/α,β-unsaturated/α-hetero) is 2. The number of halogens is 1. The Labute approximate surface area is 402 Å². The molecule has 1 aliphatic carbocycles. The van der Waals surface area contributed by atoms with Gasteiger partial charge in [0.1, 0.15) is 30.0 Å². The first-order valence-corrected chi connectivity index (χ1v) is 26.5. The Kier molecular flexibility index (Phi) is 14.8. The van der Waals surface area contributed by atoms with Gasteiger partial charge in [0.05, 0.1) is 46.2 Å². The van der Waals surface area contributed by atoms with Crippen molar-refractivity contribution in [2.24, 2.45) is 0 Å². The largest absolute Gasteiger partial charge is 0.494 e. The molecule has 2 saturated heterocycles. The molecule has 1 amide bonds.